The number of rotatable bonds is 5. The number of hydrogen-bond acceptors (Lipinski definition) is 3. The summed E-state index contributed by atoms with van der Waals surface area (Å²) in [7, 11) is 0. The predicted molar refractivity (Wildman–Crippen MR) is 53.7 cm³/mol. The second-order valence-corrected chi connectivity index (χ2v) is 3.17. The van der Waals surface area contributed by atoms with Crippen LogP contribution in [0.4, 0.5) is 14.6 Å². The molecule has 0 aliphatic rings. The van der Waals surface area contributed by atoms with Gasteiger partial charge < -0.3 is 10.0 Å². The molecule has 1 aromatic heterocycles. The van der Waals surface area contributed by atoms with Gasteiger partial charge in [-0.1, -0.05) is 6.92 Å². The minimum absolute atomic E-state index is 0.0848. The van der Waals surface area contributed by atoms with E-state index < -0.39 is 11.6 Å². The summed E-state index contributed by atoms with van der Waals surface area (Å²) in [5.74, 6) is -1.30. The van der Waals surface area contributed by atoms with Crippen LogP contribution in [0.3, 0.4) is 0 Å². The first-order valence-corrected chi connectivity index (χ1v) is 4.86. The van der Waals surface area contributed by atoms with Gasteiger partial charge in [0, 0.05) is 19.2 Å². The molecular weight excluding hydrogens is 202 g/mol. The van der Waals surface area contributed by atoms with Crippen LogP contribution in [0.2, 0.25) is 0 Å². The van der Waals surface area contributed by atoms with E-state index in [1.807, 2.05) is 6.92 Å². The van der Waals surface area contributed by atoms with Crippen molar-refractivity contribution in [1.29, 1.82) is 0 Å². The lowest BCUT2D eigenvalue weighted by molar-refractivity contribution is 0.301. The Labute approximate surface area is 87.4 Å². The molecule has 5 heteroatoms. The number of aliphatic hydroxyl groups excluding tert-OH is 1. The fourth-order valence-corrected chi connectivity index (χ4v) is 1.35. The van der Waals surface area contributed by atoms with Crippen molar-refractivity contribution in [3.63, 3.8) is 0 Å². The molecule has 0 aliphatic carbocycles. The summed E-state index contributed by atoms with van der Waals surface area (Å²) < 4.78 is 25.9. The van der Waals surface area contributed by atoms with E-state index >= 15 is 0 Å². The molecule has 0 atom stereocenters. The number of anilines is 1. The van der Waals surface area contributed by atoms with Crippen LogP contribution < -0.4 is 4.90 Å². The molecule has 84 valence electrons. The highest BCUT2D eigenvalue weighted by molar-refractivity contribution is 5.39. The van der Waals surface area contributed by atoms with Crippen molar-refractivity contribution in [2.24, 2.45) is 0 Å². The van der Waals surface area contributed by atoms with Crippen LogP contribution in [0.1, 0.15) is 13.3 Å². The van der Waals surface area contributed by atoms with Crippen molar-refractivity contribution >= 4 is 5.82 Å². The molecule has 1 N–H and O–H groups in total. The normalized spacial score (nSPS) is 10.4. The number of pyridine rings is 1. The molecule has 0 aliphatic heterocycles. The van der Waals surface area contributed by atoms with Crippen LogP contribution in [0.5, 0.6) is 0 Å². The monoisotopic (exact) mass is 216 g/mol. The van der Waals surface area contributed by atoms with Crippen molar-refractivity contribution in [3.8, 4) is 0 Å². The van der Waals surface area contributed by atoms with Gasteiger partial charge in [-0.15, -0.1) is 0 Å². The molecule has 0 aromatic carbocycles. The fourth-order valence-electron chi connectivity index (χ4n) is 1.35. The Balaban J connectivity index is 2.89. The van der Waals surface area contributed by atoms with Crippen molar-refractivity contribution in [3.05, 3.63) is 23.9 Å². The highest BCUT2D eigenvalue weighted by Crippen LogP contribution is 2.16. The van der Waals surface area contributed by atoms with E-state index in [2.05, 4.69) is 4.98 Å². The van der Waals surface area contributed by atoms with Crippen LogP contribution in [0.25, 0.3) is 0 Å². The summed E-state index contributed by atoms with van der Waals surface area (Å²) in [5.41, 5.74) is 0. The Kier molecular flexibility index (Phi) is 4.42. The van der Waals surface area contributed by atoms with Gasteiger partial charge in [0.15, 0.2) is 11.6 Å². The zero-order valence-electron chi connectivity index (χ0n) is 8.58. The second kappa shape index (κ2) is 5.60. The Hall–Kier alpha value is -1.23. The van der Waals surface area contributed by atoms with Gasteiger partial charge in [0.25, 0.3) is 0 Å². The third-order valence-electron chi connectivity index (χ3n) is 1.95. The summed E-state index contributed by atoms with van der Waals surface area (Å²) in [6, 6.07) is 0.794. The Bertz CT molecular complexity index is 314. The minimum atomic E-state index is -0.698. The summed E-state index contributed by atoms with van der Waals surface area (Å²) in [5, 5.41) is 8.80. The maximum absolute atomic E-state index is 13.3. The highest BCUT2D eigenvalue weighted by Gasteiger charge is 2.12. The molecular formula is C10H14F2N2O. The molecule has 1 aromatic rings. The van der Waals surface area contributed by atoms with E-state index in [9.17, 15) is 8.78 Å². The van der Waals surface area contributed by atoms with Crippen LogP contribution in [-0.2, 0) is 0 Å². The van der Waals surface area contributed by atoms with Crippen molar-refractivity contribution in [2.75, 3.05) is 24.6 Å². The van der Waals surface area contributed by atoms with E-state index in [0.29, 0.717) is 13.1 Å². The zero-order valence-corrected chi connectivity index (χ0v) is 8.58. The molecule has 0 fully saturated rings. The lowest BCUT2D eigenvalue weighted by Gasteiger charge is -2.22. The molecule has 1 rings (SSSR count). The number of aliphatic hydroxyl groups is 1. The van der Waals surface area contributed by atoms with Gasteiger partial charge in [0.1, 0.15) is 5.82 Å². The molecule has 0 unspecified atom stereocenters. The fraction of sp³-hybridized carbons (Fsp3) is 0.500. The quantitative estimate of drug-likeness (QED) is 0.811. The maximum Gasteiger partial charge on any atom is 0.168 e. The topological polar surface area (TPSA) is 36.4 Å². The molecule has 0 saturated heterocycles. The predicted octanol–water partition coefficient (Wildman–Crippen LogP) is 1.57. The van der Waals surface area contributed by atoms with Crippen LogP contribution >= 0.6 is 0 Å². The third kappa shape index (κ3) is 3.13. The summed E-state index contributed by atoms with van der Waals surface area (Å²) >= 11 is 0. The smallest absolute Gasteiger partial charge is 0.168 e. The highest BCUT2D eigenvalue weighted by atomic mass is 19.1. The summed E-state index contributed by atoms with van der Waals surface area (Å²) in [6.07, 6.45) is 1.77. The molecule has 0 amide bonds. The SMILES string of the molecule is CCCN(CCO)c1ncc(F)cc1F. The average Bonchev–Trinajstić information content (AvgIpc) is 2.17. The molecule has 1 heterocycles. The van der Waals surface area contributed by atoms with Crippen LogP contribution in [0, 0.1) is 11.6 Å². The average molecular weight is 216 g/mol. The van der Waals surface area contributed by atoms with Crippen molar-refractivity contribution in [1.82, 2.24) is 4.98 Å². The van der Waals surface area contributed by atoms with Crippen LogP contribution in [0.15, 0.2) is 12.3 Å². The Morgan fingerprint density at radius 1 is 1.40 bits per heavy atom. The number of nitrogens with zero attached hydrogens (tertiary/aromatic N) is 2. The van der Waals surface area contributed by atoms with E-state index in [4.69, 9.17) is 5.11 Å². The third-order valence-corrected chi connectivity index (χ3v) is 1.95. The molecule has 0 radical (unpaired) electrons. The number of halogens is 2. The number of hydrogen-bond donors (Lipinski definition) is 1. The van der Waals surface area contributed by atoms with Gasteiger partial charge in [0.2, 0.25) is 0 Å². The van der Waals surface area contributed by atoms with Gasteiger partial charge in [-0.05, 0) is 6.42 Å². The van der Waals surface area contributed by atoms with Gasteiger partial charge in [-0.2, -0.15) is 0 Å². The van der Waals surface area contributed by atoms with Gasteiger partial charge in [0.05, 0.1) is 12.8 Å². The molecule has 0 bridgehead atoms. The van der Waals surface area contributed by atoms with Crippen molar-refractivity contribution < 1.29 is 13.9 Å². The van der Waals surface area contributed by atoms with E-state index in [1.54, 1.807) is 4.90 Å². The first kappa shape index (κ1) is 11.8. The van der Waals surface area contributed by atoms with E-state index in [-0.39, 0.29) is 12.4 Å². The summed E-state index contributed by atoms with van der Waals surface area (Å²) in [6.45, 7) is 2.73. The lowest BCUT2D eigenvalue weighted by atomic mass is 10.3. The van der Waals surface area contributed by atoms with E-state index in [0.717, 1.165) is 18.7 Å². The molecule has 0 saturated carbocycles. The lowest BCUT2D eigenvalue weighted by Crippen LogP contribution is -2.29. The standard InChI is InChI=1S/C10H14F2N2O/c1-2-3-14(4-5-15)10-9(12)6-8(11)7-13-10/h6-7,15H,2-5H2,1H3. The number of aromatic nitrogens is 1. The van der Waals surface area contributed by atoms with E-state index in [1.165, 1.54) is 0 Å². The van der Waals surface area contributed by atoms with Gasteiger partial charge in [-0.25, -0.2) is 13.8 Å². The first-order chi connectivity index (χ1) is 7.19. The zero-order chi connectivity index (χ0) is 11.3. The molecule has 0 spiro atoms. The first-order valence-electron chi connectivity index (χ1n) is 4.86. The van der Waals surface area contributed by atoms with Crippen molar-refractivity contribution in [2.45, 2.75) is 13.3 Å². The minimum Gasteiger partial charge on any atom is -0.395 e. The van der Waals surface area contributed by atoms with Gasteiger partial charge in [-0.3, -0.25) is 0 Å². The largest absolute Gasteiger partial charge is 0.395 e. The Morgan fingerprint density at radius 2 is 2.13 bits per heavy atom. The van der Waals surface area contributed by atoms with Gasteiger partial charge >= 0.3 is 0 Å². The maximum atomic E-state index is 13.3. The summed E-state index contributed by atoms with van der Waals surface area (Å²) in [4.78, 5) is 5.27. The molecule has 15 heavy (non-hydrogen) atoms. The van der Waals surface area contributed by atoms with Crippen LogP contribution in [-0.4, -0.2) is 29.8 Å². The Morgan fingerprint density at radius 3 is 2.67 bits per heavy atom. The second-order valence-electron chi connectivity index (χ2n) is 3.17. The molecule has 3 nitrogen and oxygen atoms in total.